The van der Waals surface area contributed by atoms with Gasteiger partial charge in [-0.2, -0.15) is 0 Å². The van der Waals surface area contributed by atoms with E-state index < -0.39 is 0 Å². The van der Waals surface area contributed by atoms with Gasteiger partial charge in [0.05, 0.1) is 12.6 Å². The fraction of sp³-hybridized carbons (Fsp3) is 0.333. The highest BCUT2D eigenvalue weighted by Gasteiger charge is 2.31. The van der Waals surface area contributed by atoms with Gasteiger partial charge in [0.1, 0.15) is 11.3 Å². The quantitative estimate of drug-likeness (QED) is 0.863. The van der Waals surface area contributed by atoms with E-state index >= 15 is 0 Å². The summed E-state index contributed by atoms with van der Waals surface area (Å²) in [4.78, 5) is 24.7. The van der Waals surface area contributed by atoms with Crippen molar-refractivity contribution >= 4 is 22.8 Å². The van der Waals surface area contributed by atoms with Crippen molar-refractivity contribution < 1.29 is 14.0 Å². The summed E-state index contributed by atoms with van der Waals surface area (Å²) in [7, 11) is 1.79. The Balaban J connectivity index is 1.85. The molecular formula is C15H16N2O3. The number of likely N-dealkylation sites (tertiary alicyclic amines) is 1. The number of imide groups is 1. The van der Waals surface area contributed by atoms with Gasteiger partial charge in [-0.1, -0.05) is 18.2 Å². The van der Waals surface area contributed by atoms with Gasteiger partial charge >= 0.3 is 0 Å². The molecule has 0 saturated carbocycles. The molecule has 1 unspecified atom stereocenters. The van der Waals surface area contributed by atoms with E-state index in [2.05, 4.69) is 5.32 Å². The molecule has 2 aromatic rings. The summed E-state index contributed by atoms with van der Waals surface area (Å²) in [5, 5.41) is 4.12. The number of rotatable bonds is 4. The molecule has 20 heavy (non-hydrogen) atoms. The van der Waals surface area contributed by atoms with E-state index in [1.165, 1.54) is 4.90 Å². The first kappa shape index (κ1) is 12.9. The highest BCUT2D eigenvalue weighted by atomic mass is 16.3. The number of carbonyl (C=O) groups excluding carboxylic acids is 2. The van der Waals surface area contributed by atoms with E-state index in [1.54, 1.807) is 7.05 Å². The first-order valence-electron chi connectivity index (χ1n) is 6.68. The third kappa shape index (κ3) is 2.20. The fourth-order valence-corrected chi connectivity index (χ4v) is 2.51. The van der Waals surface area contributed by atoms with Gasteiger partial charge < -0.3 is 9.73 Å². The summed E-state index contributed by atoms with van der Waals surface area (Å²) in [5.41, 5.74) is 0.807. The topological polar surface area (TPSA) is 62.6 Å². The van der Waals surface area contributed by atoms with Crippen molar-refractivity contribution in [3.05, 3.63) is 36.1 Å². The highest BCUT2D eigenvalue weighted by molar-refractivity contribution is 6.01. The number of nitrogens with zero attached hydrogens (tertiary/aromatic N) is 1. The second-order valence-corrected chi connectivity index (χ2v) is 4.93. The number of benzene rings is 1. The number of carbonyl (C=O) groups is 2. The van der Waals surface area contributed by atoms with Crippen LogP contribution in [0.5, 0.6) is 0 Å². The second kappa shape index (κ2) is 5.09. The molecule has 0 radical (unpaired) electrons. The van der Waals surface area contributed by atoms with Crippen LogP contribution in [0.15, 0.2) is 34.7 Å². The number of amides is 2. The first-order chi connectivity index (χ1) is 9.69. The largest absolute Gasteiger partial charge is 0.459 e. The van der Waals surface area contributed by atoms with Gasteiger partial charge in [-0.3, -0.25) is 14.5 Å². The molecule has 0 aliphatic carbocycles. The minimum atomic E-state index is -0.187. The number of fused-ring (bicyclic) bond motifs is 1. The molecule has 0 bridgehead atoms. The van der Waals surface area contributed by atoms with E-state index in [9.17, 15) is 9.59 Å². The van der Waals surface area contributed by atoms with E-state index in [-0.39, 0.29) is 17.9 Å². The summed E-state index contributed by atoms with van der Waals surface area (Å²) in [5.74, 6) is 0.527. The molecule has 1 saturated heterocycles. The molecule has 1 aromatic heterocycles. The maximum atomic E-state index is 11.7. The van der Waals surface area contributed by atoms with Crippen molar-refractivity contribution in [3.8, 4) is 0 Å². The average molecular weight is 272 g/mol. The summed E-state index contributed by atoms with van der Waals surface area (Å²) < 4.78 is 5.79. The Morgan fingerprint density at radius 1 is 1.25 bits per heavy atom. The number of furan rings is 1. The molecule has 1 atom stereocenters. The Hall–Kier alpha value is -2.14. The van der Waals surface area contributed by atoms with Crippen LogP contribution in [0.25, 0.3) is 11.0 Å². The lowest BCUT2D eigenvalue weighted by atomic mass is 10.2. The number of hydrogen-bond acceptors (Lipinski definition) is 4. The number of para-hydroxylation sites is 1. The van der Waals surface area contributed by atoms with Crippen LogP contribution in [-0.2, 0) is 9.59 Å². The molecular weight excluding hydrogens is 256 g/mol. The van der Waals surface area contributed by atoms with E-state index in [1.807, 2.05) is 30.3 Å². The SMILES string of the molecule is CNC(CN1C(=O)CCC1=O)c1cc2ccccc2o1. The van der Waals surface area contributed by atoms with Crippen LogP contribution in [0.4, 0.5) is 0 Å². The number of nitrogens with one attached hydrogen (secondary N) is 1. The maximum Gasteiger partial charge on any atom is 0.229 e. The van der Waals surface area contributed by atoms with Crippen molar-refractivity contribution in [2.75, 3.05) is 13.6 Å². The van der Waals surface area contributed by atoms with Gasteiger partial charge in [-0.05, 0) is 19.2 Å². The molecule has 5 heteroatoms. The monoisotopic (exact) mass is 272 g/mol. The van der Waals surface area contributed by atoms with Crippen LogP contribution < -0.4 is 5.32 Å². The zero-order valence-electron chi connectivity index (χ0n) is 11.3. The zero-order chi connectivity index (χ0) is 14.1. The standard InChI is InChI=1S/C15H16N2O3/c1-16-11(9-17-14(18)6-7-15(17)19)13-8-10-4-2-3-5-12(10)20-13/h2-5,8,11,16H,6-7,9H2,1H3. The highest BCUT2D eigenvalue weighted by Crippen LogP contribution is 2.25. The lowest BCUT2D eigenvalue weighted by molar-refractivity contribution is -0.138. The van der Waals surface area contributed by atoms with E-state index in [4.69, 9.17) is 4.42 Å². The van der Waals surface area contributed by atoms with Crippen LogP contribution >= 0.6 is 0 Å². The van der Waals surface area contributed by atoms with Gasteiger partial charge in [-0.25, -0.2) is 0 Å². The minimum absolute atomic E-state index is 0.105. The third-order valence-electron chi connectivity index (χ3n) is 3.66. The molecule has 3 rings (SSSR count). The summed E-state index contributed by atoms with van der Waals surface area (Å²) >= 11 is 0. The second-order valence-electron chi connectivity index (χ2n) is 4.93. The smallest absolute Gasteiger partial charge is 0.229 e. The molecule has 2 heterocycles. The van der Waals surface area contributed by atoms with Gasteiger partial charge in [0.15, 0.2) is 0 Å². The van der Waals surface area contributed by atoms with Gasteiger partial charge in [0.2, 0.25) is 11.8 Å². The Morgan fingerprint density at radius 2 is 1.95 bits per heavy atom. The molecule has 2 amide bonds. The minimum Gasteiger partial charge on any atom is -0.459 e. The van der Waals surface area contributed by atoms with Gasteiger partial charge in [-0.15, -0.1) is 0 Å². The summed E-state index contributed by atoms with van der Waals surface area (Å²) in [6, 6.07) is 9.50. The number of hydrogen-bond donors (Lipinski definition) is 1. The lowest BCUT2D eigenvalue weighted by Crippen LogP contribution is -2.37. The van der Waals surface area contributed by atoms with E-state index in [0.29, 0.717) is 19.4 Å². The molecule has 1 N–H and O–H groups in total. The molecule has 1 aliphatic rings. The first-order valence-corrected chi connectivity index (χ1v) is 6.68. The normalized spacial score (nSPS) is 17.1. The zero-order valence-corrected chi connectivity index (χ0v) is 11.3. The summed E-state index contributed by atoms with van der Waals surface area (Å²) in [6.07, 6.45) is 0.630. The molecule has 1 fully saturated rings. The Bertz CT molecular complexity index is 613. The fourth-order valence-electron chi connectivity index (χ4n) is 2.51. The summed E-state index contributed by atoms with van der Waals surface area (Å²) in [6.45, 7) is 0.313. The molecule has 0 spiro atoms. The van der Waals surface area contributed by atoms with Gasteiger partial charge in [0, 0.05) is 18.2 Å². The van der Waals surface area contributed by atoms with Crippen LogP contribution in [0, 0.1) is 0 Å². The Kier molecular flexibility index (Phi) is 3.28. The molecule has 104 valence electrons. The van der Waals surface area contributed by atoms with Crippen LogP contribution in [0.3, 0.4) is 0 Å². The average Bonchev–Trinajstić information content (AvgIpc) is 3.01. The van der Waals surface area contributed by atoms with Crippen LogP contribution in [0.1, 0.15) is 24.6 Å². The van der Waals surface area contributed by atoms with E-state index in [0.717, 1.165) is 16.7 Å². The van der Waals surface area contributed by atoms with Crippen molar-refractivity contribution in [1.82, 2.24) is 10.2 Å². The van der Waals surface area contributed by atoms with Crippen LogP contribution in [-0.4, -0.2) is 30.3 Å². The van der Waals surface area contributed by atoms with Crippen LogP contribution in [0.2, 0.25) is 0 Å². The third-order valence-corrected chi connectivity index (χ3v) is 3.66. The Labute approximate surface area is 116 Å². The molecule has 1 aromatic carbocycles. The molecule has 1 aliphatic heterocycles. The van der Waals surface area contributed by atoms with Crippen molar-refractivity contribution in [2.45, 2.75) is 18.9 Å². The van der Waals surface area contributed by atoms with Crippen molar-refractivity contribution in [3.63, 3.8) is 0 Å². The van der Waals surface area contributed by atoms with Crippen molar-refractivity contribution in [2.24, 2.45) is 0 Å². The lowest BCUT2D eigenvalue weighted by Gasteiger charge is -2.20. The predicted octanol–water partition coefficient (Wildman–Crippen LogP) is 1.84. The number of likely N-dealkylation sites (N-methyl/N-ethyl adjacent to an activating group) is 1. The Morgan fingerprint density at radius 3 is 2.60 bits per heavy atom. The maximum absolute atomic E-state index is 11.7. The predicted molar refractivity (Wildman–Crippen MR) is 74.0 cm³/mol. The van der Waals surface area contributed by atoms with Crippen molar-refractivity contribution in [1.29, 1.82) is 0 Å². The van der Waals surface area contributed by atoms with Gasteiger partial charge in [0.25, 0.3) is 0 Å². The molecule has 5 nitrogen and oxygen atoms in total.